The van der Waals surface area contributed by atoms with Crippen LogP contribution in [0.2, 0.25) is 0 Å². The average Bonchev–Trinajstić information content (AvgIpc) is 3.12. The lowest BCUT2D eigenvalue weighted by atomic mass is 9.77. The summed E-state index contributed by atoms with van der Waals surface area (Å²) in [6.45, 7) is 1.25. The zero-order valence-electron chi connectivity index (χ0n) is 18.0. The van der Waals surface area contributed by atoms with Gasteiger partial charge in [0, 0.05) is 30.3 Å². The van der Waals surface area contributed by atoms with Gasteiger partial charge in [0.2, 0.25) is 10.0 Å². The second kappa shape index (κ2) is 8.32. The van der Waals surface area contributed by atoms with E-state index in [0.29, 0.717) is 23.9 Å². The number of fused-ring (bicyclic) bond motifs is 3. The van der Waals surface area contributed by atoms with Crippen LogP contribution in [0.5, 0.6) is 5.75 Å². The quantitative estimate of drug-likeness (QED) is 0.676. The molecule has 5 nitrogen and oxygen atoms in total. The number of rotatable bonds is 4. The zero-order chi connectivity index (χ0) is 21.4. The maximum Gasteiger partial charge on any atom is 0.243 e. The van der Waals surface area contributed by atoms with Crippen molar-refractivity contribution in [2.45, 2.75) is 49.0 Å². The standard InChI is InChI=1S/C25H30N2O3S/c1-30-24-12-5-4-9-21(24)25-20-11-8-10-19(20)22-17-18(13-14-23(22)26-25)31(28,29)27-15-6-2-3-7-16-27/h4-5,8-10,12-14,17,19-20,25-26H,2-3,6-7,11,15-16H2,1H3. The molecule has 164 valence electrons. The number of ether oxygens (including phenoxy) is 1. The molecule has 0 aromatic heterocycles. The lowest BCUT2D eigenvalue weighted by Gasteiger charge is -2.38. The van der Waals surface area contributed by atoms with Crippen molar-refractivity contribution in [1.82, 2.24) is 4.31 Å². The van der Waals surface area contributed by atoms with E-state index in [1.54, 1.807) is 17.5 Å². The number of hydrogen-bond donors (Lipinski definition) is 1. The molecule has 1 fully saturated rings. The van der Waals surface area contributed by atoms with Gasteiger partial charge in [0.1, 0.15) is 5.75 Å². The Morgan fingerprint density at radius 1 is 1.00 bits per heavy atom. The third kappa shape index (κ3) is 3.66. The first kappa shape index (κ1) is 20.6. The molecule has 0 radical (unpaired) electrons. The zero-order valence-corrected chi connectivity index (χ0v) is 18.8. The highest BCUT2D eigenvalue weighted by molar-refractivity contribution is 7.89. The first-order valence-corrected chi connectivity index (χ1v) is 12.7. The summed E-state index contributed by atoms with van der Waals surface area (Å²) in [4.78, 5) is 0.421. The molecule has 2 aromatic rings. The Balaban J connectivity index is 1.51. The van der Waals surface area contributed by atoms with Crippen molar-refractivity contribution in [3.63, 3.8) is 0 Å². The molecule has 2 aromatic carbocycles. The van der Waals surface area contributed by atoms with E-state index in [1.165, 1.54) is 0 Å². The largest absolute Gasteiger partial charge is 0.496 e. The fourth-order valence-electron chi connectivity index (χ4n) is 5.40. The van der Waals surface area contributed by atoms with E-state index in [-0.39, 0.29) is 12.0 Å². The van der Waals surface area contributed by atoms with Crippen molar-refractivity contribution in [2.24, 2.45) is 5.92 Å². The molecule has 3 aliphatic rings. The van der Waals surface area contributed by atoms with Gasteiger partial charge in [-0.15, -0.1) is 0 Å². The molecule has 3 unspecified atom stereocenters. The Bertz CT molecular complexity index is 1090. The summed E-state index contributed by atoms with van der Waals surface area (Å²) >= 11 is 0. The van der Waals surface area contributed by atoms with Gasteiger partial charge in [-0.3, -0.25) is 0 Å². The van der Waals surface area contributed by atoms with Crippen LogP contribution >= 0.6 is 0 Å². The molecule has 5 rings (SSSR count). The number of nitrogens with one attached hydrogen (secondary N) is 1. The van der Waals surface area contributed by atoms with Crippen molar-refractivity contribution in [2.75, 3.05) is 25.5 Å². The normalized spacial score (nSPS) is 25.9. The Morgan fingerprint density at radius 2 is 1.77 bits per heavy atom. The number of hydrogen-bond acceptors (Lipinski definition) is 4. The molecule has 0 amide bonds. The second-order valence-electron chi connectivity index (χ2n) is 8.78. The van der Waals surface area contributed by atoms with Gasteiger partial charge in [0.25, 0.3) is 0 Å². The SMILES string of the molecule is COc1ccccc1C1Nc2ccc(S(=O)(=O)N3CCCCCC3)cc2C2C=CCC21. The van der Waals surface area contributed by atoms with Gasteiger partial charge in [-0.1, -0.05) is 43.2 Å². The first-order valence-electron chi connectivity index (χ1n) is 11.3. The van der Waals surface area contributed by atoms with Crippen molar-refractivity contribution in [3.8, 4) is 5.75 Å². The van der Waals surface area contributed by atoms with E-state index >= 15 is 0 Å². The van der Waals surface area contributed by atoms with E-state index in [4.69, 9.17) is 4.74 Å². The van der Waals surface area contributed by atoms with Crippen LogP contribution in [0.15, 0.2) is 59.5 Å². The summed E-state index contributed by atoms with van der Waals surface area (Å²) in [6.07, 6.45) is 9.54. The molecule has 1 N–H and O–H groups in total. The Labute approximate surface area is 185 Å². The maximum absolute atomic E-state index is 13.4. The minimum absolute atomic E-state index is 0.122. The number of benzene rings is 2. The minimum atomic E-state index is -3.46. The molecule has 2 heterocycles. The minimum Gasteiger partial charge on any atom is -0.496 e. The molecule has 2 aliphatic heterocycles. The molecule has 1 aliphatic carbocycles. The maximum atomic E-state index is 13.4. The molecule has 0 saturated carbocycles. The Hall–Kier alpha value is -2.31. The van der Waals surface area contributed by atoms with Crippen LogP contribution in [0.25, 0.3) is 0 Å². The fourth-order valence-corrected chi connectivity index (χ4v) is 6.95. The van der Waals surface area contributed by atoms with Crippen LogP contribution in [0.3, 0.4) is 0 Å². The molecular weight excluding hydrogens is 408 g/mol. The summed E-state index contributed by atoms with van der Waals surface area (Å²) in [5, 5.41) is 3.70. The van der Waals surface area contributed by atoms with Crippen molar-refractivity contribution in [1.29, 1.82) is 0 Å². The molecule has 0 spiro atoms. The number of para-hydroxylation sites is 1. The highest BCUT2D eigenvalue weighted by Crippen LogP contribution is 2.51. The van der Waals surface area contributed by atoms with Gasteiger partial charge in [-0.05, 0) is 55.0 Å². The van der Waals surface area contributed by atoms with Crippen molar-refractivity contribution >= 4 is 15.7 Å². The second-order valence-corrected chi connectivity index (χ2v) is 10.7. The number of sulfonamides is 1. The van der Waals surface area contributed by atoms with Crippen molar-refractivity contribution in [3.05, 3.63) is 65.7 Å². The van der Waals surface area contributed by atoms with Crippen LogP contribution < -0.4 is 10.1 Å². The Kier molecular flexibility index (Phi) is 5.52. The molecule has 0 bridgehead atoms. The molecule has 6 heteroatoms. The van der Waals surface area contributed by atoms with Gasteiger partial charge in [0.05, 0.1) is 18.0 Å². The molecule has 31 heavy (non-hydrogen) atoms. The Morgan fingerprint density at radius 3 is 2.55 bits per heavy atom. The van der Waals surface area contributed by atoms with Gasteiger partial charge >= 0.3 is 0 Å². The van der Waals surface area contributed by atoms with E-state index in [9.17, 15) is 8.42 Å². The number of anilines is 1. The highest BCUT2D eigenvalue weighted by Gasteiger charge is 2.39. The summed E-state index contributed by atoms with van der Waals surface area (Å²) < 4.78 is 34.0. The topological polar surface area (TPSA) is 58.6 Å². The molecule has 3 atom stereocenters. The van der Waals surface area contributed by atoms with E-state index in [0.717, 1.165) is 54.7 Å². The summed E-state index contributed by atoms with van der Waals surface area (Å²) in [6, 6.07) is 13.9. The van der Waals surface area contributed by atoms with E-state index in [2.05, 4.69) is 23.5 Å². The smallest absolute Gasteiger partial charge is 0.243 e. The van der Waals surface area contributed by atoms with Crippen LogP contribution in [0.4, 0.5) is 5.69 Å². The summed E-state index contributed by atoms with van der Waals surface area (Å²) in [7, 11) is -1.75. The van der Waals surface area contributed by atoms with Crippen LogP contribution in [-0.4, -0.2) is 32.9 Å². The van der Waals surface area contributed by atoms with Crippen LogP contribution in [0, 0.1) is 5.92 Å². The van der Waals surface area contributed by atoms with Gasteiger partial charge in [-0.25, -0.2) is 8.42 Å². The van der Waals surface area contributed by atoms with Gasteiger partial charge in [0.15, 0.2) is 0 Å². The first-order chi connectivity index (χ1) is 15.1. The summed E-state index contributed by atoms with van der Waals surface area (Å²) in [5.74, 6) is 1.42. The monoisotopic (exact) mass is 438 g/mol. The predicted molar refractivity (Wildman–Crippen MR) is 123 cm³/mol. The van der Waals surface area contributed by atoms with Gasteiger partial charge in [-0.2, -0.15) is 4.31 Å². The van der Waals surface area contributed by atoms with Gasteiger partial charge < -0.3 is 10.1 Å². The predicted octanol–water partition coefficient (Wildman–Crippen LogP) is 5.09. The molecular formula is C25H30N2O3S. The molecule has 1 saturated heterocycles. The average molecular weight is 439 g/mol. The van der Waals surface area contributed by atoms with E-state index < -0.39 is 10.0 Å². The number of allylic oxidation sites excluding steroid dienone is 2. The van der Waals surface area contributed by atoms with E-state index in [1.807, 2.05) is 30.3 Å². The third-order valence-corrected chi connectivity index (χ3v) is 8.91. The van der Waals surface area contributed by atoms with Crippen LogP contribution in [0.1, 0.15) is 55.2 Å². The number of nitrogens with zero attached hydrogens (tertiary/aromatic N) is 1. The highest BCUT2D eigenvalue weighted by atomic mass is 32.2. The van der Waals surface area contributed by atoms with Crippen LogP contribution in [-0.2, 0) is 10.0 Å². The third-order valence-electron chi connectivity index (χ3n) is 7.01. The van der Waals surface area contributed by atoms with Crippen molar-refractivity contribution < 1.29 is 13.2 Å². The lowest BCUT2D eigenvalue weighted by molar-refractivity contribution is 0.381. The number of methoxy groups -OCH3 is 1. The lowest BCUT2D eigenvalue weighted by Crippen LogP contribution is -2.33. The fraction of sp³-hybridized carbons (Fsp3) is 0.440. The summed E-state index contributed by atoms with van der Waals surface area (Å²) in [5.41, 5.74) is 3.25.